The highest BCUT2D eigenvalue weighted by Crippen LogP contribution is 2.32. The molecule has 0 atom stereocenters. The summed E-state index contributed by atoms with van der Waals surface area (Å²) >= 11 is 0. The molecule has 1 aliphatic rings. The fraction of sp³-hybridized carbons (Fsp3) is 0.211. The number of aromatic nitrogens is 1. The van der Waals surface area contributed by atoms with Gasteiger partial charge in [-0.05, 0) is 42.3 Å². The average molecular weight is 337 g/mol. The Morgan fingerprint density at radius 1 is 1.24 bits per heavy atom. The highest BCUT2D eigenvalue weighted by Gasteiger charge is 2.29. The van der Waals surface area contributed by atoms with Crippen LogP contribution in [0.4, 0.5) is 0 Å². The molecule has 2 heterocycles. The Hall–Kier alpha value is -3.15. The predicted octanol–water partition coefficient (Wildman–Crippen LogP) is 3.27. The number of ether oxygens (including phenoxy) is 2. The van der Waals surface area contributed by atoms with Crippen LogP contribution in [-0.2, 0) is 6.54 Å². The first-order valence-electron chi connectivity index (χ1n) is 7.83. The van der Waals surface area contributed by atoms with Crippen molar-refractivity contribution in [1.29, 1.82) is 5.41 Å². The highest BCUT2D eigenvalue weighted by atomic mass is 16.5. The molecule has 128 valence electrons. The number of hydrogen-bond acceptors (Lipinski definition) is 5. The van der Waals surface area contributed by atoms with Gasteiger partial charge in [0.05, 0.1) is 20.8 Å². The van der Waals surface area contributed by atoms with Crippen molar-refractivity contribution in [2.24, 2.45) is 0 Å². The molecule has 0 saturated heterocycles. The second-order valence-corrected chi connectivity index (χ2v) is 5.58. The van der Waals surface area contributed by atoms with Crippen molar-refractivity contribution in [3.63, 3.8) is 0 Å². The summed E-state index contributed by atoms with van der Waals surface area (Å²) in [5.74, 6) is 1.02. The van der Waals surface area contributed by atoms with Gasteiger partial charge in [-0.1, -0.05) is 12.1 Å². The smallest absolute Gasteiger partial charge is 0.260 e. The lowest BCUT2D eigenvalue weighted by molar-refractivity contribution is 0.0866. The van der Waals surface area contributed by atoms with Gasteiger partial charge in [0.25, 0.3) is 11.8 Å². The maximum atomic E-state index is 12.4. The standard InChI is InChI=1S/C19H19N3O3/c1-4-5-17(20)22-11-14-8-12(6-7-15(14)19(22)23)13-9-16(24-2)18(25-3)21-10-13/h4-10,20H,11H2,1-3H3/b5-4-,20-17?. The van der Waals surface area contributed by atoms with Crippen LogP contribution in [0.15, 0.2) is 42.6 Å². The number of carbonyl (C=O) groups excluding carboxylic acids is 1. The SMILES string of the molecule is C/C=C\C(=N)N1Cc2cc(-c3cnc(OC)c(OC)c3)ccc2C1=O. The summed E-state index contributed by atoms with van der Waals surface area (Å²) in [6, 6.07) is 7.48. The molecular weight excluding hydrogens is 318 g/mol. The van der Waals surface area contributed by atoms with E-state index < -0.39 is 0 Å². The van der Waals surface area contributed by atoms with Crippen molar-refractivity contribution in [2.75, 3.05) is 14.2 Å². The second-order valence-electron chi connectivity index (χ2n) is 5.58. The topological polar surface area (TPSA) is 75.5 Å². The summed E-state index contributed by atoms with van der Waals surface area (Å²) in [6.07, 6.45) is 5.07. The van der Waals surface area contributed by atoms with Crippen LogP contribution in [0.3, 0.4) is 0 Å². The van der Waals surface area contributed by atoms with Crippen LogP contribution in [-0.4, -0.2) is 35.8 Å². The normalized spacial score (nSPS) is 13.2. The van der Waals surface area contributed by atoms with E-state index in [1.807, 2.05) is 25.1 Å². The van der Waals surface area contributed by atoms with Gasteiger partial charge in [0.15, 0.2) is 5.75 Å². The fourth-order valence-corrected chi connectivity index (χ4v) is 2.83. The van der Waals surface area contributed by atoms with Crippen LogP contribution in [0, 0.1) is 5.41 Å². The van der Waals surface area contributed by atoms with E-state index in [4.69, 9.17) is 14.9 Å². The first-order valence-corrected chi connectivity index (χ1v) is 7.83. The monoisotopic (exact) mass is 337 g/mol. The number of fused-ring (bicyclic) bond motifs is 1. The van der Waals surface area contributed by atoms with Crippen LogP contribution in [0.2, 0.25) is 0 Å². The van der Waals surface area contributed by atoms with Gasteiger partial charge < -0.3 is 9.47 Å². The Labute approximate surface area is 146 Å². The molecule has 6 nitrogen and oxygen atoms in total. The average Bonchev–Trinajstić information content (AvgIpc) is 2.97. The molecule has 1 N–H and O–H groups in total. The summed E-state index contributed by atoms with van der Waals surface area (Å²) in [6.45, 7) is 2.22. The molecule has 6 heteroatoms. The van der Waals surface area contributed by atoms with Gasteiger partial charge in [0.2, 0.25) is 0 Å². The molecule has 0 fully saturated rings. The summed E-state index contributed by atoms with van der Waals surface area (Å²) in [5.41, 5.74) is 3.33. The first-order chi connectivity index (χ1) is 12.1. The lowest BCUT2D eigenvalue weighted by atomic mass is 10.0. The molecule has 1 amide bonds. The Bertz CT molecular complexity index is 874. The van der Waals surface area contributed by atoms with Crippen molar-refractivity contribution in [2.45, 2.75) is 13.5 Å². The van der Waals surface area contributed by atoms with Crippen LogP contribution < -0.4 is 9.47 Å². The van der Waals surface area contributed by atoms with Crippen molar-refractivity contribution < 1.29 is 14.3 Å². The first kappa shape index (κ1) is 16.7. The zero-order valence-corrected chi connectivity index (χ0v) is 14.4. The third-order valence-electron chi connectivity index (χ3n) is 4.09. The molecule has 0 saturated carbocycles. The van der Waals surface area contributed by atoms with Gasteiger partial charge in [-0.2, -0.15) is 0 Å². The van der Waals surface area contributed by atoms with Gasteiger partial charge >= 0.3 is 0 Å². The minimum absolute atomic E-state index is 0.143. The van der Waals surface area contributed by atoms with E-state index in [1.54, 1.807) is 38.6 Å². The van der Waals surface area contributed by atoms with E-state index in [0.717, 1.165) is 16.7 Å². The molecule has 0 radical (unpaired) electrons. The molecule has 0 bridgehead atoms. The Balaban J connectivity index is 1.95. The van der Waals surface area contributed by atoms with Crippen LogP contribution in [0.25, 0.3) is 11.1 Å². The third-order valence-corrected chi connectivity index (χ3v) is 4.09. The molecule has 0 aliphatic carbocycles. The number of nitrogens with one attached hydrogen (secondary N) is 1. The number of pyridine rings is 1. The van der Waals surface area contributed by atoms with Crippen LogP contribution >= 0.6 is 0 Å². The molecular formula is C19H19N3O3. The van der Waals surface area contributed by atoms with Gasteiger partial charge in [0.1, 0.15) is 5.84 Å². The zero-order valence-electron chi connectivity index (χ0n) is 14.4. The van der Waals surface area contributed by atoms with Crippen molar-refractivity contribution in [3.05, 3.63) is 53.7 Å². The van der Waals surface area contributed by atoms with Gasteiger partial charge in [-0.15, -0.1) is 0 Å². The number of amides is 1. The predicted molar refractivity (Wildman–Crippen MR) is 95.2 cm³/mol. The lowest BCUT2D eigenvalue weighted by Gasteiger charge is -2.13. The summed E-state index contributed by atoms with van der Waals surface area (Å²) in [4.78, 5) is 18.2. The number of hydrogen-bond donors (Lipinski definition) is 1. The summed E-state index contributed by atoms with van der Waals surface area (Å²) in [5, 5.41) is 7.99. The Morgan fingerprint density at radius 3 is 2.72 bits per heavy atom. The minimum Gasteiger partial charge on any atom is -0.491 e. The molecule has 1 aliphatic heterocycles. The Morgan fingerprint density at radius 2 is 2.04 bits per heavy atom. The number of amidine groups is 1. The summed E-state index contributed by atoms with van der Waals surface area (Å²) < 4.78 is 10.5. The maximum absolute atomic E-state index is 12.4. The number of carbonyl (C=O) groups is 1. The van der Waals surface area contributed by atoms with Crippen molar-refractivity contribution in [1.82, 2.24) is 9.88 Å². The van der Waals surface area contributed by atoms with Crippen molar-refractivity contribution >= 4 is 11.7 Å². The van der Waals surface area contributed by atoms with Crippen LogP contribution in [0.1, 0.15) is 22.8 Å². The second kappa shape index (κ2) is 6.76. The minimum atomic E-state index is -0.143. The van der Waals surface area contributed by atoms with Crippen LogP contribution in [0.5, 0.6) is 11.6 Å². The number of rotatable bonds is 4. The molecule has 1 aromatic heterocycles. The van der Waals surface area contributed by atoms with Crippen molar-refractivity contribution in [3.8, 4) is 22.8 Å². The highest BCUT2D eigenvalue weighted by molar-refractivity contribution is 6.11. The quantitative estimate of drug-likeness (QED) is 0.686. The Kier molecular flexibility index (Phi) is 4.52. The van der Waals surface area contributed by atoms with E-state index in [9.17, 15) is 4.79 Å². The molecule has 25 heavy (non-hydrogen) atoms. The van der Waals surface area contributed by atoms with E-state index in [0.29, 0.717) is 23.7 Å². The maximum Gasteiger partial charge on any atom is 0.260 e. The fourth-order valence-electron chi connectivity index (χ4n) is 2.83. The van der Waals surface area contributed by atoms with E-state index in [2.05, 4.69) is 4.98 Å². The molecule has 1 aromatic carbocycles. The largest absolute Gasteiger partial charge is 0.491 e. The van der Waals surface area contributed by atoms with E-state index >= 15 is 0 Å². The number of benzene rings is 1. The number of nitrogens with zero attached hydrogens (tertiary/aromatic N) is 2. The number of allylic oxidation sites excluding steroid dienone is 1. The van der Waals surface area contributed by atoms with Gasteiger partial charge in [-0.25, -0.2) is 4.98 Å². The number of methoxy groups -OCH3 is 2. The van der Waals surface area contributed by atoms with E-state index in [-0.39, 0.29) is 11.7 Å². The molecule has 3 rings (SSSR count). The molecule has 2 aromatic rings. The third kappa shape index (κ3) is 2.98. The molecule has 0 spiro atoms. The van der Waals surface area contributed by atoms with Gasteiger partial charge in [0, 0.05) is 17.3 Å². The lowest BCUT2D eigenvalue weighted by Crippen LogP contribution is -2.28. The van der Waals surface area contributed by atoms with E-state index in [1.165, 1.54) is 4.90 Å². The summed E-state index contributed by atoms with van der Waals surface area (Å²) in [7, 11) is 3.11. The molecule has 0 unspecified atom stereocenters. The zero-order chi connectivity index (χ0) is 18.0. The van der Waals surface area contributed by atoms with Gasteiger partial charge in [-0.3, -0.25) is 15.1 Å².